The molecule has 0 radical (unpaired) electrons. The molecule has 5 nitrogen and oxygen atoms in total. The number of carboxylic acid groups (broad SMARTS) is 1. The van der Waals surface area contributed by atoms with Crippen molar-refractivity contribution in [3.63, 3.8) is 0 Å². The van der Waals surface area contributed by atoms with E-state index in [0.29, 0.717) is 5.82 Å². The van der Waals surface area contributed by atoms with Gasteiger partial charge in [-0.15, -0.1) is 0 Å². The average Bonchev–Trinajstić information content (AvgIpc) is 2.30. The van der Waals surface area contributed by atoms with Crippen molar-refractivity contribution in [2.24, 2.45) is 0 Å². The summed E-state index contributed by atoms with van der Waals surface area (Å²) in [5, 5.41) is 10.8. The van der Waals surface area contributed by atoms with Gasteiger partial charge in [-0.3, -0.25) is 0 Å². The van der Waals surface area contributed by atoms with Gasteiger partial charge in [0.15, 0.2) is 5.82 Å². The van der Waals surface area contributed by atoms with E-state index in [9.17, 15) is 9.90 Å². The van der Waals surface area contributed by atoms with Crippen LogP contribution < -0.4 is 39.6 Å². The number of carbonyl (C=O) groups excluding carboxylic acids is 1. The third kappa shape index (κ3) is 3.10. The molecule has 0 saturated carbocycles. The van der Waals surface area contributed by atoms with Crippen LogP contribution in [-0.2, 0) is 0 Å². The van der Waals surface area contributed by atoms with Crippen LogP contribution >= 0.6 is 11.8 Å². The molecule has 2 rings (SSSR count). The Balaban J connectivity index is 0.00000128. The zero-order valence-corrected chi connectivity index (χ0v) is 11.9. The first-order valence-corrected chi connectivity index (χ1v) is 5.79. The summed E-state index contributed by atoms with van der Waals surface area (Å²) in [7, 11) is 0. The van der Waals surface area contributed by atoms with Crippen LogP contribution in [0.2, 0.25) is 0 Å². The quantitative estimate of drug-likeness (QED) is 0.503. The largest absolute Gasteiger partial charge is 1.00 e. The first kappa shape index (κ1) is 13.8. The van der Waals surface area contributed by atoms with E-state index < -0.39 is 5.97 Å². The fourth-order valence-corrected chi connectivity index (χ4v) is 2.38. The van der Waals surface area contributed by atoms with Gasteiger partial charge in [0.05, 0.1) is 5.97 Å². The first-order valence-electron chi connectivity index (χ1n) is 4.64. The molecule has 1 fully saturated rings. The number of carboxylic acids is 1. The van der Waals surface area contributed by atoms with Crippen molar-refractivity contribution in [1.82, 2.24) is 9.97 Å². The maximum atomic E-state index is 10.8. The Bertz CT molecular complexity index is 372. The first-order chi connectivity index (χ1) is 7.29. The van der Waals surface area contributed by atoms with Gasteiger partial charge < -0.3 is 14.8 Å². The molecule has 7 heteroatoms. The molecule has 1 aromatic rings. The van der Waals surface area contributed by atoms with Crippen molar-refractivity contribution >= 4 is 23.5 Å². The molecule has 0 aromatic carbocycles. The van der Waals surface area contributed by atoms with Crippen molar-refractivity contribution in [2.75, 3.05) is 29.5 Å². The van der Waals surface area contributed by atoms with Crippen molar-refractivity contribution in [1.29, 1.82) is 0 Å². The van der Waals surface area contributed by atoms with Gasteiger partial charge in [-0.25, -0.2) is 9.97 Å². The van der Waals surface area contributed by atoms with Crippen LogP contribution in [-0.4, -0.2) is 40.5 Å². The number of hydrogen-bond donors (Lipinski definition) is 0. The molecule has 0 atom stereocenters. The molecule has 2 heterocycles. The Morgan fingerprint density at radius 3 is 2.56 bits per heavy atom. The number of nitrogens with zero attached hydrogens (tertiary/aromatic N) is 3. The maximum absolute atomic E-state index is 10.8. The monoisotopic (exact) mass is 247 g/mol. The van der Waals surface area contributed by atoms with Crippen LogP contribution in [0.5, 0.6) is 0 Å². The summed E-state index contributed by atoms with van der Waals surface area (Å²) >= 11 is 1.85. The number of hydrogen-bond acceptors (Lipinski definition) is 6. The molecular formula is C9H10N3NaO2S. The zero-order valence-electron chi connectivity index (χ0n) is 9.05. The number of anilines is 1. The molecule has 80 valence electrons. The molecule has 0 spiro atoms. The SMILES string of the molecule is O=C([O-])c1nccnc1N1CCSCC1.[Na+]. The van der Waals surface area contributed by atoms with E-state index in [2.05, 4.69) is 9.97 Å². The second-order valence-electron chi connectivity index (χ2n) is 3.12. The van der Waals surface area contributed by atoms with E-state index in [4.69, 9.17) is 0 Å². The van der Waals surface area contributed by atoms with Crippen LogP contribution in [0.3, 0.4) is 0 Å². The van der Waals surface area contributed by atoms with E-state index in [-0.39, 0.29) is 35.3 Å². The second-order valence-corrected chi connectivity index (χ2v) is 4.34. The number of rotatable bonds is 2. The topological polar surface area (TPSA) is 69.1 Å². The maximum Gasteiger partial charge on any atom is 1.00 e. The molecule has 0 unspecified atom stereocenters. The van der Waals surface area contributed by atoms with Gasteiger partial charge in [0.1, 0.15) is 5.69 Å². The fraction of sp³-hybridized carbons (Fsp3) is 0.444. The van der Waals surface area contributed by atoms with Crippen molar-refractivity contribution in [2.45, 2.75) is 0 Å². The van der Waals surface area contributed by atoms with Crippen LogP contribution in [0.15, 0.2) is 12.4 Å². The summed E-state index contributed by atoms with van der Waals surface area (Å²) in [6.45, 7) is 1.62. The molecular weight excluding hydrogens is 237 g/mol. The molecule has 0 amide bonds. The Labute approximate surface area is 120 Å². The third-order valence-corrected chi connectivity index (χ3v) is 3.13. The molecule has 0 aliphatic carbocycles. The molecule has 1 saturated heterocycles. The van der Waals surface area contributed by atoms with E-state index >= 15 is 0 Å². The summed E-state index contributed by atoms with van der Waals surface area (Å²) in [4.78, 5) is 20.6. The summed E-state index contributed by atoms with van der Waals surface area (Å²) < 4.78 is 0. The van der Waals surface area contributed by atoms with E-state index in [1.54, 1.807) is 0 Å². The Hall–Kier alpha value is -0.300. The molecule has 16 heavy (non-hydrogen) atoms. The molecule has 1 aromatic heterocycles. The van der Waals surface area contributed by atoms with Crippen molar-refractivity contribution in [3.05, 3.63) is 18.1 Å². The van der Waals surface area contributed by atoms with Crippen LogP contribution in [0, 0.1) is 0 Å². The number of aromatic nitrogens is 2. The predicted octanol–water partition coefficient (Wildman–Crippen LogP) is -3.60. The van der Waals surface area contributed by atoms with Crippen molar-refractivity contribution < 1.29 is 39.5 Å². The molecule has 1 aliphatic rings. The van der Waals surface area contributed by atoms with Gasteiger partial charge >= 0.3 is 29.6 Å². The van der Waals surface area contributed by atoms with Gasteiger partial charge in [0.2, 0.25) is 0 Å². The van der Waals surface area contributed by atoms with Gasteiger partial charge in [0.25, 0.3) is 0 Å². The minimum absolute atomic E-state index is 0. The predicted molar refractivity (Wildman–Crippen MR) is 55.9 cm³/mol. The number of carbonyl (C=O) groups is 1. The Kier molecular flexibility index (Phi) is 5.54. The summed E-state index contributed by atoms with van der Waals surface area (Å²) in [6, 6.07) is 0. The molecule has 0 N–H and O–H groups in total. The number of aromatic carboxylic acids is 1. The molecule has 0 bridgehead atoms. The van der Waals surface area contributed by atoms with Crippen molar-refractivity contribution in [3.8, 4) is 0 Å². The fourth-order valence-electron chi connectivity index (χ4n) is 1.48. The Morgan fingerprint density at radius 1 is 1.31 bits per heavy atom. The van der Waals surface area contributed by atoms with Gasteiger partial charge in [-0.2, -0.15) is 11.8 Å². The standard InChI is InChI=1S/C9H11N3O2S.Na/c13-9(14)7-8(11-2-1-10-7)12-3-5-15-6-4-12;/h1-2H,3-6H2,(H,13,14);/q;+1/p-1. The molecule has 1 aliphatic heterocycles. The zero-order chi connectivity index (χ0) is 10.7. The third-order valence-electron chi connectivity index (χ3n) is 2.18. The smallest absolute Gasteiger partial charge is 0.543 e. The average molecular weight is 247 g/mol. The van der Waals surface area contributed by atoms with E-state index in [1.165, 1.54) is 12.4 Å². The van der Waals surface area contributed by atoms with Crippen LogP contribution in [0.4, 0.5) is 5.82 Å². The summed E-state index contributed by atoms with van der Waals surface area (Å²) in [6.07, 6.45) is 2.87. The summed E-state index contributed by atoms with van der Waals surface area (Å²) in [5.41, 5.74) is -0.0654. The second kappa shape index (κ2) is 6.44. The van der Waals surface area contributed by atoms with Gasteiger partial charge in [-0.1, -0.05) is 0 Å². The van der Waals surface area contributed by atoms with Gasteiger partial charge in [0, 0.05) is 37.0 Å². The minimum atomic E-state index is -1.27. The minimum Gasteiger partial charge on any atom is -0.543 e. The Morgan fingerprint density at radius 2 is 1.94 bits per heavy atom. The van der Waals surface area contributed by atoms with Gasteiger partial charge in [-0.05, 0) is 0 Å². The number of thioether (sulfide) groups is 1. The van der Waals surface area contributed by atoms with E-state index in [0.717, 1.165) is 24.6 Å². The van der Waals surface area contributed by atoms with E-state index in [1.807, 2.05) is 16.7 Å². The summed E-state index contributed by atoms with van der Waals surface area (Å²) in [5.74, 6) is 1.14. The normalized spacial score (nSPS) is 15.4. The van der Waals surface area contributed by atoms with Crippen LogP contribution in [0.1, 0.15) is 10.5 Å². The van der Waals surface area contributed by atoms with Crippen LogP contribution in [0.25, 0.3) is 0 Å².